The van der Waals surface area contributed by atoms with E-state index < -0.39 is 28.8 Å². The molecule has 20 heavy (non-hydrogen) atoms. The van der Waals surface area contributed by atoms with Gasteiger partial charge in [0.2, 0.25) is 0 Å². The summed E-state index contributed by atoms with van der Waals surface area (Å²) in [6.45, 7) is 1.59. The standard InChI is InChI=1S/C14H9BrF3NO/c1-6-8(2-7(15)3-13(6)19)14(20)9-4-11(17)12(18)5-10(9)16/h2-5H,19H2,1H3. The number of anilines is 1. The van der Waals surface area contributed by atoms with Crippen molar-refractivity contribution in [1.82, 2.24) is 0 Å². The van der Waals surface area contributed by atoms with Crippen LogP contribution in [0.2, 0.25) is 0 Å². The first-order chi connectivity index (χ1) is 9.31. The fourth-order valence-corrected chi connectivity index (χ4v) is 2.25. The second kappa shape index (κ2) is 5.28. The van der Waals surface area contributed by atoms with Gasteiger partial charge in [-0.25, -0.2) is 13.2 Å². The lowest BCUT2D eigenvalue weighted by atomic mass is 9.97. The summed E-state index contributed by atoms with van der Waals surface area (Å²) in [6.07, 6.45) is 0. The van der Waals surface area contributed by atoms with E-state index >= 15 is 0 Å². The van der Waals surface area contributed by atoms with Crippen molar-refractivity contribution in [1.29, 1.82) is 0 Å². The summed E-state index contributed by atoms with van der Waals surface area (Å²) < 4.78 is 40.2. The Hall–Kier alpha value is -1.82. The Morgan fingerprint density at radius 3 is 2.25 bits per heavy atom. The second-order valence-corrected chi connectivity index (χ2v) is 5.16. The number of carbonyl (C=O) groups is 1. The molecule has 6 heteroatoms. The predicted octanol–water partition coefficient (Wildman–Crippen LogP) is 3.99. The normalized spacial score (nSPS) is 10.7. The number of benzene rings is 2. The van der Waals surface area contributed by atoms with E-state index in [9.17, 15) is 18.0 Å². The Morgan fingerprint density at radius 2 is 1.60 bits per heavy atom. The topological polar surface area (TPSA) is 43.1 Å². The summed E-state index contributed by atoms with van der Waals surface area (Å²) in [6, 6.07) is 3.94. The number of hydrogen-bond acceptors (Lipinski definition) is 2. The Bertz CT molecular complexity index is 716. The number of rotatable bonds is 2. The summed E-state index contributed by atoms with van der Waals surface area (Å²) >= 11 is 3.17. The number of hydrogen-bond donors (Lipinski definition) is 1. The van der Waals surface area contributed by atoms with Gasteiger partial charge in [0.25, 0.3) is 0 Å². The molecular weight excluding hydrogens is 335 g/mol. The van der Waals surface area contributed by atoms with Crippen LogP contribution in [0.5, 0.6) is 0 Å². The molecule has 0 bridgehead atoms. The van der Waals surface area contributed by atoms with Gasteiger partial charge in [-0.15, -0.1) is 0 Å². The summed E-state index contributed by atoms with van der Waals surface area (Å²) in [5, 5.41) is 0. The lowest BCUT2D eigenvalue weighted by Crippen LogP contribution is -2.09. The molecule has 0 amide bonds. The number of nitrogen functional groups attached to an aromatic ring is 1. The SMILES string of the molecule is Cc1c(N)cc(Br)cc1C(=O)c1cc(F)c(F)cc1F. The van der Waals surface area contributed by atoms with Crippen LogP contribution in [0.25, 0.3) is 0 Å². The Kier molecular flexibility index (Phi) is 3.85. The average Bonchev–Trinajstić information content (AvgIpc) is 2.37. The molecule has 2 rings (SSSR count). The molecule has 2 nitrogen and oxygen atoms in total. The van der Waals surface area contributed by atoms with Crippen LogP contribution < -0.4 is 5.73 Å². The molecule has 0 saturated carbocycles. The Labute approximate surface area is 121 Å². The number of carbonyl (C=O) groups excluding carboxylic acids is 1. The molecule has 104 valence electrons. The molecule has 0 aliphatic rings. The highest BCUT2D eigenvalue weighted by Gasteiger charge is 2.20. The predicted molar refractivity (Wildman–Crippen MR) is 73.0 cm³/mol. The largest absolute Gasteiger partial charge is 0.398 e. The van der Waals surface area contributed by atoms with E-state index in [1.54, 1.807) is 13.0 Å². The van der Waals surface area contributed by atoms with E-state index in [0.29, 0.717) is 27.9 Å². The van der Waals surface area contributed by atoms with Crippen molar-refractivity contribution in [3.8, 4) is 0 Å². The number of nitrogens with two attached hydrogens (primary N) is 1. The van der Waals surface area contributed by atoms with Crippen molar-refractivity contribution >= 4 is 27.4 Å². The molecular formula is C14H9BrF3NO. The fraction of sp³-hybridized carbons (Fsp3) is 0.0714. The second-order valence-electron chi connectivity index (χ2n) is 4.24. The minimum Gasteiger partial charge on any atom is -0.398 e. The zero-order chi connectivity index (χ0) is 15.0. The first kappa shape index (κ1) is 14.6. The third-order valence-corrected chi connectivity index (χ3v) is 3.37. The highest BCUT2D eigenvalue weighted by molar-refractivity contribution is 9.10. The van der Waals surface area contributed by atoms with Gasteiger partial charge in [0, 0.05) is 21.8 Å². The van der Waals surface area contributed by atoms with Gasteiger partial charge >= 0.3 is 0 Å². The van der Waals surface area contributed by atoms with E-state index in [-0.39, 0.29) is 5.56 Å². The van der Waals surface area contributed by atoms with Crippen LogP contribution >= 0.6 is 15.9 Å². The maximum absolute atomic E-state index is 13.6. The molecule has 2 N–H and O–H groups in total. The van der Waals surface area contributed by atoms with Crippen LogP contribution in [-0.2, 0) is 0 Å². The van der Waals surface area contributed by atoms with E-state index in [1.165, 1.54) is 6.07 Å². The quantitative estimate of drug-likeness (QED) is 0.509. The minimum absolute atomic E-state index is 0.127. The average molecular weight is 344 g/mol. The zero-order valence-electron chi connectivity index (χ0n) is 10.3. The van der Waals surface area contributed by atoms with Gasteiger partial charge < -0.3 is 5.73 Å². The van der Waals surface area contributed by atoms with Crippen LogP contribution in [0.1, 0.15) is 21.5 Å². The molecule has 0 radical (unpaired) electrons. The van der Waals surface area contributed by atoms with Gasteiger partial charge in [-0.05, 0) is 30.7 Å². The summed E-state index contributed by atoms with van der Waals surface area (Å²) in [5.41, 5.74) is 6.09. The third kappa shape index (κ3) is 2.56. The van der Waals surface area contributed by atoms with Crippen molar-refractivity contribution in [3.05, 3.63) is 62.9 Å². The van der Waals surface area contributed by atoms with E-state index in [2.05, 4.69) is 15.9 Å². The molecule has 2 aromatic carbocycles. The van der Waals surface area contributed by atoms with Crippen LogP contribution in [0.4, 0.5) is 18.9 Å². The smallest absolute Gasteiger partial charge is 0.196 e. The van der Waals surface area contributed by atoms with Gasteiger partial charge in [0.05, 0.1) is 5.56 Å². The summed E-state index contributed by atoms with van der Waals surface area (Å²) in [4.78, 5) is 12.3. The highest BCUT2D eigenvalue weighted by Crippen LogP contribution is 2.26. The molecule has 0 spiro atoms. The lowest BCUT2D eigenvalue weighted by Gasteiger charge is -2.10. The van der Waals surface area contributed by atoms with E-state index in [1.807, 2.05) is 0 Å². The number of halogens is 4. The van der Waals surface area contributed by atoms with Crippen molar-refractivity contribution in [2.45, 2.75) is 6.92 Å². The molecule has 0 saturated heterocycles. The Morgan fingerprint density at radius 1 is 1.00 bits per heavy atom. The van der Waals surface area contributed by atoms with Gasteiger partial charge in [-0.3, -0.25) is 4.79 Å². The van der Waals surface area contributed by atoms with Gasteiger partial charge in [-0.2, -0.15) is 0 Å². The maximum Gasteiger partial charge on any atom is 0.196 e. The van der Waals surface area contributed by atoms with Crippen molar-refractivity contribution < 1.29 is 18.0 Å². The van der Waals surface area contributed by atoms with Crippen molar-refractivity contribution in [2.75, 3.05) is 5.73 Å². The molecule has 0 fully saturated rings. The molecule has 2 aromatic rings. The van der Waals surface area contributed by atoms with Gasteiger partial charge in [-0.1, -0.05) is 15.9 Å². The maximum atomic E-state index is 13.6. The molecule has 0 heterocycles. The van der Waals surface area contributed by atoms with Crippen LogP contribution in [0.15, 0.2) is 28.7 Å². The van der Waals surface area contributed by atoms with Gasteiger partial charge in [0.15, 0.2) is 17.4 Å². The molecule has 0 unspecified atom stereocenters. The zero-order valence-corrected chi connectivity index (χ0v) is 11.9. The lowest BCUT2D eigenvalue weighted by molar-refractivity contribution is 0.103. The molecule has 0 atom stereocenters. The van der Waals surface area contributed by atoms with Crippen molar-refractivity contribution in [2.24, 2.45) is 0 Å². The van der Waals surface area contributed by atoms with Crippen molar-refractivity contribution in [3.63, 3.8) is 0 Å². The van der Waals surface area contributed by atoms with E-state index in [4.69, 9.17) is 5.73 Å². The van der Waals surface area contributed by atoms with Crippen LogP contribution in [0.3, 0.4) is 0 Å². The van der Waals surface area contributed by atoms with Crippen LogP contribution in [0, 0.1) is 24.4 Å². The van der Waals surface area contributed by atoms with E-state index in [0.717, 1.165) is 0 Å². The Balaban J connectivity index is 2.60. The molecule has 0 aliphatic heterocycles. The number of ketones is 1. The third-order valence-electron chi connectivity index (χ3n) is 2.91. The first-order valence-electron chi connectivity index (χ1n) is 5.56. The minimum atomic E-state index is -1.34. The molecule has 0 aromatic heterocycles. The van der Waals surface area contributed by atoms with Gasteiger partial charge in [0.1, 0.15) is 5.82 Å². The first-order valence-corrected chi connectivity index (χ1v) is 6.35. The molecule has 0 aliphatic carbocycles. The summed E-state index contributed by atoms with van der Waals surface area (Å²) in [7, 11) is 0. The highest BCUT2D eigenvalue weighted by atomic mass is 79.9. The fourth-order valence-electron chi connectivity index (χ4n) is 1.78. The van der Waals surface area contributed by atoms with Crippen LogP contribution in [-0.4, -0.2) is 5.78 Å². The summed E-state index contributed by atoms with van der Waals surface area (Å²) in [5.74, 6) is -4.50. The monoisotopic (exact) mass is 343 g/mol.